The van der Waals surface area contributed by atoms with Crippen molar-refractivity contribution in [2.24, 2.45) is 0 Å². The number of hydrogen-bond donors (Lipinski definition) is 1. The van der Waals surface area contributed by atoms with E-state index in [9.17, 15) is 9.59 Å². The minimum Gasteiger partial charge on any atom is -0.467 e. The molecule has 0 saturated carbocycles. The SMILES string of the molecule is COC(=O)[C@@H](Cc1ccccc1)NC(=O)CSc1nncn1-c1ccccc1. The van der Waals surface area contributed by atoms with Crippen molar-refractivity contribution in [3.8, 4) is 5.69 Å². The van der Waals surface area contributed by atoms with Gasteiger partial charge in [0.15, 0.2) is 5.16 Å². The normalized spacial score (nSPS) is 11.6. The number of carbonyl (C=O) groups excluding carboxylic acids is 2. The number of benzene rings is 2. The van der Waals surface area contributed by atoms with Gasteiger partial charge in [-0.15, -0.1) is 10.2 Å². The third-order valence-electron chi connectivity index (χ3n) is 3.99. The van der Waals surface area contributed by atoms with Crippen LogP contribution in [0.15, 0.2) is 72.1 Å². The molecule has 0 unspecified atom stereocenters. The molecule has 1 aromatic heterocycles. The minimum atomic E-state index is -0.743. The van der Waals surface area contributed by atoms with Crippen LogP contribution in [0.3, 0.4) is 0 Å². The fraction of sp³-hybridized carbons (Fsp3) is 0.200. The van der Waals surface area contributed by atoms with E-state index in [2.05, 4.69) is 15.5 Å². The number of nitrogens with one attached hydrogen (secondary N) is 1. The molecule has 0 spiro atoms. The van der Waals surface area contributed by atoms with Gasteiger partial charge in [-0.3, -0.25) is 9.36 Å². The molecule has 2 aromatic carbocycles. The van der Waals surface area contributed by atoms with E-state index in [4.69, 9.17) is 4.74 Å². The summed E-state index contributed by atoms with van der Waals surface area (Å²) in [6, 6.07) is 18.4. The number of carbonyl (C=O) groups is 2. The zero-order valence-corrected chi connectivity index (χ0v) is 16.1. The van der Waals surface area contributed by atoms with Gasteiger partial charge in [-0.2, -0.15) is 0 Å². The molecule has 28 heavy (non-hydrogen) atoms. The van der Waals surface area contributed by atoms with Crippen molar-refractivity contribution in [1.29, 1.82) is 0 Å². The van der Waals surface area contributed by atoms with Crippen LogP contribution in [0.4, 0.5) is 0 Å². The molecule has 1 N–H and O–H groups in total. The average Bonchev–Trinajstić information content (AvgIpc) is 3.21. The Kier molecular flexibility index (Phi) is 6.80. The predicted molar refractivity (Wildman–Crippen MR) is 106 cm³/mol. The monoisotopic (exact) mass is 396 g/mol. The largest absolute Gasteiger partial charge is 0.467 e. The maximum atomic E-state index is 12.4. The summed E-state index contributed by atoms with van der Waals surface area (Å²) < 4.78 is 6.63. The van der Waals surface area contributed by atoms with Crippen molar-refractivity contribution in [2.75, 3.05) is 12.9 Å². The van der Waals surface area contributed by atoms with Gasteiger partial charge in [0.05, 0.1) is 12.9 Å². The van der Waals surface area contributed by atoms with Gasteiger partial charge in [-0.05, 0) is 17.7 Å². The molecule has 1 amide bonds. The lowest BCUT2D eigenvalue weighted by Crippen LogP contribution is -2.43. The lowest BCUT2D eigenvalue weighted by atomic mass is 10.1. The third-order valence-corrected chi connectivity index (χ3v) is 4.93. The van der Waals surface area contributed by atoms with Crippen LogP contribution in [-0.2, 0) is 20.7 Å². The molecule has 7 nitrogen and oxygen atoms in total. The van der Waals surface area contributed by atoms with Gasteiger partial charge < -0.3 is 10.1 Å². The van der Waals surface area contributed by atoms with Gasteiger partial charge in [-0.1, -0.05) is 60.3 Å². The summed E-state index contributed by atoms with van der Waals surface area (Å²) in [5.74, 6) is -0.651. The number of ether oxygens (including phenoxy) is 1. The first-order valence-electron chi connectivity index (χ1n) is 8.66. The molecule has 144 valence electrons. The van der Waals surface area contributed by atoms with Crippen molar-refractivity contribution in [1.82, 2.24) is 20.1 Å². The maximum Gasteiger partial charge on any atom is 0.328 e. The predicted octanol–water partition coefficient (Wildman–Crippen LogP) is 2.26. The highest BCUT2D eigenvalue weighted by Crippen LogP contribution is 2.19. The Labute approximate surface area is 167 Å². The number of aromatic nitrogens is 3. The van der Waals surface area contributed by atoms with E-state index in [0.717, 1.165) is 11.3 Å². The van der Waals surface area contributed by atoms with Crippen LogP contribution < -0.4 is 5.32 Å². The van der Waals surface area contributed by atoms with Gasteiger partial charge in [0.2, 0.25) is 5.91 Å². The van der Waals surface area contributed by atoms with Gasteiger partial charge in [0.25, 0.3) is 0 Å². The van der Waals surface area contributed by atoms with E-state index < -0.39 is 12.0 Å². The zero-order chi connectivity index (χ0) is 19.8. The molecule has 3 rings (SSSR count). The van der Waals surface area contributed by atoms with E-state index in [1.807, 2.05) is 60.7 Å². The van der Waals surface area contributed by atoms with Crippen molar-refractivity contribution < 1.29 is 14.3 Å². The Balaban J connectivity index is 1.61. The molecule has 0 saturated heterocycles. The number of thioether (sulfide) groups is 1. The standard InChI is InChI=1S/C20H20N4O3S/c1-27-19(26)17(12-15-8-4-2-5-9-15)22-18(25)13-28-20-23-21-14-24(20)16-10-6-3-7-11-16/h2-11,14,17H,12-13H2,1H3,(H,22,25)/t17-/m1/s1. The fourth-order valence-corrected chi connectivity index (χ4v) is 3.38. The van der Waals surface area contributed by atoms with Crippen molar-refractivity contribution in [3.05, 3.63) is 72.6 Å². The van der Waals surface area contributed by atoms with Crippen LogP contribution in [0.25, 0.3) is 5.69 Å². The summed E-state index contributed by atoms with van der Waals surface area (Å²) >= 11 is 1.25. The lowest BCUT2D eigenvalue weighted by Gasteiger charge is -2.16. The highest BCUT2D eigenvalue weighted by atomic mass is 32.2. The Bertz CT molecular complexity index is 915. The Morgan fingerprint density at radius 2 is 1.79 bits per heavy atom. The van der Waals surface area contributed by atoms with E-state index >= 15 is 0 Å². The molecule has 8 heteroatoms. The van der Waals surface area contributed by atoms with Crippen LogP contribution in [-0.4, -0.2) is 45.5 Å². The van der Waals surface area contributed by atoms with Crippen LogP contribution in [0.5, 0.6) is 0 Å². The number of esters is 1. The Morgan fingerprint density at radius 3 is 2.46 bits per heavy atom. The zero-order valence-electron chi connectivity index (χ0n) is 15.3. The van der Waals surface area contributed by atoms with Gasteiger partial charge in [0, 0.05) is 12.1 Å². The quantitative estimate of drug-likeness (QED) is 0.464. The summed E-state index contributed by atoms with van der Waals surface area (Å²) in [4.78, 5) is 24.5. The number of rotatable bonds is 8. The van der Waals surface area contributed by atoms with Crippen LogP contribution in [0.1, 0.15) is 5.56 Å². The third kappa shape index (κ3) is 5.20. The van der Waals surface area contributed by atoms with Crippen LogP contribution in [0, 0.1) is 0 Å². The summed E-state index contributed by atoms with van der Waals surface area (Å²) in [5, 5.41) is 11.3. The smallest absolute Gasteiger partial charge is 0.328 e. The van der Waals surface area contributed by atoms with E-state index in [-0.39, 0.29) is 11.7 Å². The first-order valence-corrected chi connectivity index (χ1v) is 9.65. The van der Waals surface area contributed by atoms with Crippen LogP contribution >= 0.6 is 11.8 Å². The molecule has 1 heterocycles. The summed E-state index contributed by atoms with van der Waals surface area (Å²) in [6.45, 7) is 0. The van der Waals surface area contributed by atoms with Gasteiger partial charge in [0.1, 0.15) is 12.4 Å². The van der Waals surface area contributed by atoms with Crippen molar-refractivity contribution >= 4 is 23.6 Å². The van der Waals surface area contributed by atoms with E-state index in [1.54, 1.807) is 10.9 Å². The second kappa shape index (κ2) is 9.70. The van der Waals surface area contributed by atoms with Crippen LogP contribution in [0.2, 0.25) is 0 Å². The van der Waals surface area contributed by atoms with Gasteiger partial charge in [-0.25, -0.2) is 4.79 Å². The second-order valence-electron chi connectivity index (χ2n) is 5.94. The molecule has 1 atom stereocenters. The highest BCUT2D eigenvalue weighted by Gasteiger charge is 2.22. The molecule has 3 aromatic rings. The number of hydrogen-bond acceptors (Lipinski definition) is 6. The molecular weight excluding hydrogens is 376 g/mol. The maximum absolute atomic E-state index is 12.4. The number of para-hydroxylation sites is 1. The molecule has 0 aliphatic heterocycles. The fourth-order valence-electron chi connectivity index (χ4n) is 2.64. The molecular formula is C20H20N4O3S. The lowest BCUT2D eigenvalue weighted by molar-refractivity contribution is -0.144. The van der Waals surface area contributed by atoms with E-state index in [1.165, 1.54) is 18.9 Å². The minimum absolute atomic E-state index is 0.105. The van der Waals surface area contributed by atoms with Crippen molar-refractivity contribution in [3.63, 3.8) is 0 Å². The summed E-state index contributed by atoms with van der Waals surface area (Å²) in [5.41, 5.74) is 1.85. The number of nitrogens with zero attached hydrogens (tertiary/aromatic N) is 3. The molecule has 0 bridgehead atoms. The molecule has 0 aliphatic rings. The highest BCUT2D eigenvalue weighted by molar-refractivity contribution is 7.99. The van der Waals surface area contributed by atoms with Crippen molar-refractivity contribution in [2.45, 2.75) is 17.6 Å². The molecule has 0 fully saturated rings. The Hall–Kier alpha value is -3.13. The van der Waals surface area contributed by atoms with E-state index in [0.29, 0.717) is 11.6 Å². The molecule has 0 aliphatic carbocycles. The first-order chi connectivity index (χ1) is 13.7. The Morgan fingerprint density at radius 1 is 1.11 bits per heavy atom. The average molecular weight is 396 g/mol. The molecule has 0 radical (unpaired) electrons. The number of amides is 1. The summed E-state index contributed by atoms with van der Waals surface area (Å²) in [6.07, 6.45) is 1.96. The topological polar surface area (TPSA) is 86.1 Å². The number of methoxy groups -OCH3 is 1. The summed E-state index contributed by atoms with van der Waals surface area (Å²) in [7, 11) is 1.31. The second-order valence-corrected chi connectivity index (χ2v) is 6.88. The first kappa shape index (κ1) is 19.6. The van der Waals surface area contributed by atoms with Gasteiger partial charge >= 0.3 is 5.97 Å².